The van der Waals surface area contributed by atoms with E-state index in [0.717, 1.165) is 12.2 Å². The fraction of sp³-hybridized carbons (Fsp3) is 0.429. The van der Waals surface area contributed by atoms with Crippen LogP contribution < -0.4 is 10.6 Å². The molecular weight excluding hydrogens is 140 g/mol. The summed E-state index contributed by atoms with van der Waals surface area (Å²) in [5.74, 6) is 0.665. The number of rotatable bonds is 3. The van der Waals surface area contributed by atoms with Gasteiger partial charge >= 0.3 is 0 Å². The minimum absolute atomic E-state index is 0.665. The van der Waals surface area contributed by atoms with Crippen molar-refractivity contribution in [2.75, 3.05) is 19.4 Å². The maximum Gasteiger partial charge on any atom is 0.222 e. The molecule has 2 N–H and O–H groups in total. The van der Waals surface area contributed by atoms with E-state index in [1.165, 1.54) is 0 Å². The van der Waals surface area contributed by atoms with Crippen LogP contribution in [0.1, 0.15) is 5.69 Å². The van der Waals surface area contributed by atoms with Gasteiger partial charge in [0.15, 0.2) is 0 Å². The molecule has 60 valence electrons. The van der Waals surface area contributed by atoms with Crippen LogP contribution in [-0.4, -0.2) is 24.1 Å². The van der Waals surface area contributed by atoms with Gasteiger partial charge in [-0.2, -0.15) is 0 Å². The van der Waals surface area contributed by atoms with Crippen molar-refractivity contribution in [2.24, 2.45) is 0 Å². The van der Waals surface area contributed by atoms with Crippen LogP contribution in [0.2, 0.25) is 0 Å². The van der Waals surface area contributed by atoms with Gasteiger partial charge < -0.3 is 10.6 Å². The zero-order chi connectivity index (χ0) is 8.10. The molecule has 0 aliphatic heterocycles. The highest BCUT2D eigenvalue weighted by molar-refractivity contribution is 5.23. The van der Waals surface area contributed by atoms with Crippen molar-refractivity contribution in [3.8, 4) is 0 Å². The molecule has 0 amide bonds. The van der Waals surface area contributed by atoms with E-state index in [-0.39, 0.29) is 0 Å². The Kier molecular flexibility index (Phi) is 2.80. The fourth-order valence-corrected chi connectivity index (χ4v) is 0.796. The Morgan fingerprint density at radius 2 is 2.27 bits per heavy atom. The average Bonchev–Trinajstić information content (AvgIpc) is 2.06. The van der Waals surface area contributed by atoms with Gasteiger partial charge in [-0.3, -0.25) is 0 Å². The topological polar surface area (TPSA) is 49.8 Å². The summed E-state index contributed by atoms with van der Waals surface area (Å²) in [7, 11) is 3.69. The number of nitrogens with one attached hydrogen (secondary N) is 2. The molecule has 1 heterocycles. The summed E-state index contributed by atoms with van der Waals surface area (Å²) in [6.07, 6.45) is 1.74. The second kappa shape index (κ2) is 3.88. The molecule has 0 aromatic carbocycles. The summed E-state index contributed by atoms with van der Waals surface area (Å²) >= 11 is 0. The third-order valence-electron chi connectivity index (χ3n) is 1.29. The number of nitrogens with zero attached hydrogens (tertiary/aromatic N) is 2. The number of anilines is 1. The van der Waals surface area contributed by atoms with Crippen molar-refractivity contribution in [3.63, 3.8) is 0 Å². The predicted octanol–water partition coefficient (Wildman–Crippen LogP) is 0.238. The van der Waals surface area contributed by atoms with Gasteiger partial charge in [0.05, 0.1) is 5.69 Å². The third-order valence-corrected chi connectivity index (χ3v) is 1.29. The molecule has 0 radical (unpaired) electrons. The van der Waals surface area contributed by atoms with Crippen LogP contribution in [0, 0.1) is 0 Å². The zero-order valence-electron chi connectivity index (χ0n) is 6.76. The first-order chi connectivity index (χ1) is 5.36. The molecule has 4 nitrogen and oxygen atoms in total. The molecule has 0 atom stereocenters. The van der Waals surface area contributed by atoms with Gasteiger partial charge in [0.1, 0.15) is 0 Å². The lowest BCUT2D eigenvalue weighted by Crippen LogP contribution is -2.08. The summed E-state index contributed by atoms with van der Waals surface area (Å²) < 4.78 is 0. The normalized spacial score (nSPS) is 9.64. The van der Waals surface area contributed by atoms with Gasteiger partial charge in [0.2, 0.25) is 5.95 Å². The van der Waals surface area contributed by atoms with Crippen LogP contribution in [0.4, 0.5) is 5.95 Å². The molecule has 0 aliphatic carbocycles. The van der Waals surface area contributed by atoms with Crippen LogP contribution >= 0.6 is 0 Å². The molecular formula is C7H12N4. The number of hydrogen-bond donors (Lipinski definition) is 2. The van der Waals surface area contributed by atoms with E-state index < -0.39 is 0 Å². The molecule has 0 saturated carbocycles. The minimum atomic E-state index is 0.665. The van der Waals surface area contributed by atoms with E-state index in [4.69, 9.17) is 0 Å². The Labute approximate surface area is 66.1 Å². The van der Waals surface area contributed by atoms with Gasteiger partial charge in [-0.25, -0.2) is 9.97 Å². The molecule has 1 aromatic rings. The van der Waals surface area contributed by atoms with E-state index in [2.05, 4.69) is 20.6 Å². The lowest BCUT2D eigenvalue weighted by atomic mass is 10.4. The molecule has 1 rings (SSSR count). The smallest absolute Gasteiger partial charge is 0.222 e. The van der Waals surface area contributed by atoms with Crippen LogP contribution in [0.3, 0.4) is 0 Å². The largest absolute Gasteiger partial charge is 0.357 e. The summed E-state index contributed by atoms with van der Waals surface area (Å²) in [6.45, 7) is 0.775. The Morgan fingerprint density at radius 3 is 2.91 bits per heavy atom. The second-order valence-electron chi connectivity index (χ2n) is 2.15. The van der Waals surface area contributed by atoms with Crippen molar-refractivity contribution < 1.29 is 0 Å². The van der Waals surface area contributed by atoms with Crippen molar-refractivity contribution in [1.82, 2.24) is 15.3 Å². The van der Waals surface area contributed by atoms with Crippen LogP contribution in [0.15, 0.2) is 12.3 Å². The Bertz CT molecular complexity index is 223. The highest BCUT2D eigenvalue weighted by atomic mass is 15.1. The highest BCUT2D eigenvalue weighted by Crippen LogP contribution is 1.97. The minimum Gasteiger partial charge on any atom is -0.357 e. The Morgan fingerprint density at radius 1 is 1.45 bits per heavy atom. The fourth-order valence-electron chi connectivity index (χ4n) is 0.796. The first kappa shape index (κ1) is 7.94. The second-order valence-corrected chi connectivity index (χ2v) is 2.15. The van der Waals surface area contributed by atoms with Gasteiger partial charge in [-0.1, -0.05) is 0 Å². The van der Waals surface area contributed by atoms with E-state index >= 15 is 0 Å². The zero-order valence-corrected chi connectivity index (χ0v) is 6.76. The maximum absolute atomic E-state index is 4.20. The SMILES string of the molecule is CNCc1ccnc(NC)n1. The molecule has 0 spiro atoms. The van der Waals surface area contributed by atoms with Crippen LogP contribution in [-0.2, 0) is 6.54 Å². The van der Waals surface area contributed by atoms with Gasteiger partial charge in [0.25, 0.3) is 0 Å². The molecule has 0 fully saturated rings. The molecule has 1 aromatic heterocycles. The van der Waals surface area contributed by atoms with E-state index in [9.17, 15) is 0 Å². The number of hydrogen-bond acceptors (Lipinski definition) is 4. The lowest BCUT2D eigenvalue weighted by molar-refractivity contribution is 0.787. The molecule has 0 unspecified atom stereocenters. The van der Waals surface area contributed by atoms with Gasteiger partial charge in [-0.05, 0) is 13.1 Å². The lowest BCUT2D eigenvalue weighted by Gasteiger charge is -2.00. The Balaban J connectivity index is 2.74. The average molecular weight is 152 g/mol. The first-order valence-corrected chi connectivity index (χ1v) is 3.51. The van der Waals surface area contributed by atoms with Crippen LogP contribution in [0.5, 0.6) is 0 Å². The quantitative estimate of drug-likeness (QED) is 0.651. The highest BCUT2D eigenvalue weighted by Gasteiger charge is 1.93. The third kappa shape index (κ3) is 2.16. The Hall–Kier alpha value is -1.16. The standard InChI is InChI=1S/C7H12N4/c1-8-5-6-3-4-10-7(9-2)11-6/h3-4,8H,5H2,1-2H3,(H,9,10,11). The first-order valence-electron chi connectivity index (χ1n) is 3.51. The van der Waals surface area contributed by atoms with Crippen LogP contribution in [0.25, 0.3) is 0 Å². The van der Waals surface area contributed by atoms with E-state index in [1.807, 2.05) is 13.1 Å². The molecule has 0 aliphatic rings. The molecule has 4 heteroatoms. The predicted molar refractivity (Wildman–Crippen MR) is 44.3 cm³/mol. The molecule has 0 bridgehead atoms. The van der Waals surface area contributed by atoms with Crippen molar-refractivity contribution in [3.05, 3.63) is 18.0 Å². The van der Waals surface area contributed by atoms with Crippen molar-refractivity contribution in [1.29, 1.82) is 0 Å². The maximum atomic E-state index is 4.20. The van der Waals surface area contributed by atoms with E-state index in [0.29, 0.717) is 5.95 Å². The summed E-state index contributed by atoms with van der Waals surface area (Å²) in [6, 6.07) is 1.89. The summed E-state index contributed by atoms with van der Waals surface area (Å²) in [4.78, 5) is 8.19. The van der Waals surface area contributed by atoms with Crippen molar-refractivity contribution in [2.45, 2.75) is 6.54 Å². The van der Waals surface area contributed by atoms with Crippen molar-refractivity contribution >= 4 is 5.95 Å². The summed E-state index contributed by atoms with van der Waals surface area (Å²) in [5.41, 5.74) is 0.992. The molecule has 0 saturated heterocycles. The van der Waals surface area contributed by atoms with Gasteiger partial charge in [-0.15, -0.1) is 0 Å². The van der Waals surface area contributed by atoms with E-state index in [1.54, 1.807) is 13.2 Å². The summed E-state index contributed by atoms with van der Waals surface area (Å²) in [5, 5.41) is 5.89. The van der Waals surface area contributed by atoms with Gasteiger partial charge in [0, 0.05) is 19.8 Å². The monoisotopic (exact) mass is 152 g/mol. The molecule has 11 heavy (non-hydrogen) atoms. The number of aromatic nitrogens is 2.